The van der Waals surface area contributed by atoms with E-state index in [1.54, 1.807) is 24.3 Å². The van der Waals surface area contributed by atoms with Crippen molar-refractivity contribution in [2.75, 3.05) is 18.4 Å². The zero-order chi connectivity index (χ0) is 23.0. The van der Waals surface area contributed by atoms with Crippen molar-refractivity contribution in [2.45, 2.75) is 38.3 Å². The summed E-state index contributed by atoms with van der Waals surface area (Å²) in [4.78, 5) is 29.1. The lowest BCUT2D eigenvalue weighted by molar-refractivity contribution is -0.129. The topological polar surface area (TPSA) is 61.4 Å². The van der Waals surface area contributed by atoms with Crippen LogP contribution in [0.2, 0.25) is 10.0 Å². The van der Waals surface area contributed by atoms with Crippen LogP contribution in [-0.2, 0) is 15.1 Å². The lowest BCUT2D eigenvalue weighted by atomic mass is 9.71. The van der Waals surface area contributed by atoms with Crippen molar-refractivity contribution in [3.05, 3.63) is 63.4 Å². The molecule has 0 unspecified atom stereocenters. The van der Waals surface area contributed by atoms with E-state index in [2.05, 4.69) is 36.3 Å². The summed E-state index contributed by atoms with van der Waals surface area (Å²) in [6.45, 7) is 7.20. The highest BCUT2D eigenvalue weighted by molar-refractivity contribution is 6.31. The summed E-state index contributed by atoms with van der Waals surface area (Å²) in [5.74, 6) is -2.39. The van der Waals surface area contributed by atoms with Gasteiger partial charge in [0.25, 0.3) is 0 Å². The molecule has 3 aliphatic heterocycles. The fraction of sp³-hybridized carbons (Fsp3) is 0.417. The molecule has 1 spiro atoms. The van der Waals surface area contributed by atoms with E-state index in [9.17, 15) is 9.59 Å². The summed E-state index contributed by atoms with van der Waals surface area (Å²) in [7, 11) is 0. The van der Waals surface area contributed by atoms with Gasteiger partial charge in [-0.05, 0) is 29.2 Å². The third-order valence-electron chi connectivity index (χ3n) is 6.81. The molecule has 3 heterocycles. The van der Waals surface area contributed by atoms with E-state index in [0.717, 1.165) is 0 Å². The Bertz CT molecular complexity index is 1150. The second-order valence-corrected chi connectivity index (χ2v) is 10.9. The van der Waals surface area contributed by atoms with Crippen molar-refractivity contribution >= 4 is 40.7 Å². The van der Waals surface area contributed by atoms with Gasteiger partial charge in [0.15, 0.2) is 0 Å². The first-order chi connectivity index (χ1) is 15.1. The molecule has 0 saturated carbocycles. The van der Waals surface area contributed by atoms with Gasteiger partial charge in [0.2, 0.25) is 11.8 Å². The molecule has 4 atom stereocenters. The normalized spacial score (nSPS) is 29.2. The monoisotopic (exact) mass is 475 g/mol. The lowest BCUT2D eigenvalue weighted by Crippen LogP contribution is -2.55. The largest absolute Gasteiger partial charge is 0.354 e. The predicted molar refractivity (Wildman–Crippen MR) is 122 cm³/mol. The Labute approximate surface area is 196 Å². The Balaban J connectivity index is 1.84. The molecule has 0 radical (unpaired) electrons. The Morgan fingerprint density at radius 1 is 1.19 bits per heavy atom. The molecule has 2 fully saturated rings. The zero-order valence-corrected chi connectivity index (χ0v) is 19.5. The minimum Gasteiger partial charge on any atom is -0.354 e. The van der Waals surface area contributed by atoms with Crippen LogP contribution in [-0.4, -0.2) is 35.8 Å². The van der Waals surface area contributed by atoms with Crippen molar-refractivity contribution in [1.29, 1.82) is 0 Å². The molecule has 2 amide bonds. The molecule has 5 nitrogen and oxygen atoms in total. The fourth-order valence-electron chi connectivity index (χ4n) is 5.82. The summed E-state index contributed by atoms with van der Waals surface area (Å²) >= 11 is 12.4. The first-order valence-corrected chi connectivity index (χ1v) is 11.4. The highest BCUT2D eigenvalue weighted by atomic mass is 35.5. The molecule has 2 N–H and O–H groups in total. The molecule has 2 aromatic carbocycles. The fourth-order valence-corrected chi connectivity index (χ4v) is 6.17. The summed E-state index contributed by atoms with van der Waals surface area (Å²) < 4.78 is 15.5. The minimum atomic E-state index is -1.26. The van der Waals surface area contributed by atoms with E-state index in [0.29, 0.717) is 29.4 Å². The molecule has 5 rings (SSSR count). The van der Waals surface area contributed by atoms with E-state index in [4.69, 9.17) is 23.2 Å². The Hall–Kier alpha value is -2.15. The van der Waals surface area contributed by atoms with Crippen LogP contribution < -0.4 is 10.6 Å². The van der Waals surface area contributed by atoms with Gasteiger partial charge >= 0.3 is 0 Å². The van der Waals surface area contributed by atoms with E-state index < -0.39 is 23.2 Å². The molecule has 32 heavy (non-hydrogen) atoms. The lowest BCUT2D eigenvalue weighted by Gasteiger charge is -2.42. The number of nitrogens with one attached hydrogen (secondary N) is 2. The highest BCUT2D eigenvalue weighted by Gasteiger charge is 2.70. The third-order valence-corrected chi connectivity index (χ3v) is 7.34. The van der Waals surface area contributed by atoms with Gasteiger partial charge in [-0.1, -0.05) is 62.2 Å². The van der Waals surface area contributed by atoms with Crippen LogP contribution in [0.1, 0.15) is 37.8 Å². The maximum atomic E-state index is 15.5. The first-order valence-electron chi connectivity index (χ1n) is 10.7. The highest BCUT2D eigenvalue weighted by Crippen LogP contribution is 2.61. The predicted octanol–water partition coefficient (Wildman–Crippen LogP) is 4.54. The van der Waals surface area contributed by atoms with Gasteiger partial charge in [-0.25, -0.2) is 4.39 Å². The maximum Gasteiger partial charge on any atom is 0.250 e. The second-order valence-electron chi connectivity index (χ2n) is 10.1. The Morgan fingerprint density at radius 2 is 1.94 bits per heavy atom. The number of benzene rings is 2. The maximum absolute atomic E-state index is 15.5. The van der Waals surface area contributed by atoms with Gasteiger partial charge in [0, 0.05) is 41.3 Å². The average molecular weight is 476 g/mol. The number of hydrogen-bond acceptors (Lipinski definition) is 3. The van der Waals surface area contributed by atoms with E-state index >= 15 is 4.39 Å². The number of carbonyl (C=O) groups is 2. The van der Waals surface area contributed by atoms with Crippen LogP contribution >= 0.6 is 23.2 Å². The number of nitrogens with zero attached hydrogens (tertiary/aromatic N) is 1. The minimum absolute atomic E-state index is 0.0309. The molecule has 0 aromatic heterocycles. The summed E-state index contributed by atoms with van der Waals surface area (Å²) in [6, 6.07) is 9.77. The molecule has 8 heteroatoms. The number of halogens is 3. The van der Waals surface area contributed by atoms with Gasteiger partial charge in [0.05, 0.1) is 10.9 Å². The number of likely N-dealkylation sites (tertiary alicyclic amines) is 1. The third kappa shape index (κ3) is 2.93. The van der Waals surface area contributed by atoms with Crippen LogP contribution in [0, 0.1) is 17.2 Å². The summed E-state index contributed by atoms with van der Waals surface area (Å²) in [5.41, 5.74) is 0.141. The van der Waals surface area contributed by atoms with Crippen LogP contribution in [0.5, 0.6) is 0 Å². The van der Waals surface area contributed by atoms with Crippen LogP contribution in [0.15, 0.2) is 36.4 Å². The number of amides is 2. The van der Waals surface area contributed by atoms with Crippen molar-refractivity contribution in [3.8, 4) is 0 Å². The number of carbonyl (C=O) groups excluding carboxylic acids is 2. The van der Waals surface area contributed by atoms with Gasteiger partial charge in [-0.15, -0.1) is 0 Å². The number of hydrogen-bond donors (Lipinski definition) is 2. The number of anilines is 1. The summed E-state index contributed by atoms with van der Waals surface area (Å²) in [6.07, 6.45) is 0. The van der Waals surface area contributed by atoms with E-state index in [-0.39, 0.29) is 33.9 Å². The van der Waals surface area contributed by atoms with Crippen LogP contribution in [0.3, 0.4) is 0 Å². The van der Waals surface area contributed by atoms with Gasteiger partial charge in [-0.3, -0.25) is 14.5 Å². The van der Waals surface area contributed by atoms with Crippen molar-refractivity contribution in [3.63, 3.8) is 0 Å². The Kier molecular flexibility index (Phi) is 4.86. The smallest absolute Gasteiger partial charge is 0.250 e. The van der Waals surface area contributed by atoms with Crippen LogP contribution in [0.25, 0.3) is 0 Å². The van der Waals surface area contributed by atoms with E-state index in [1.807, 2.05) is 6.07 Å². The SMILES string of the molecule is CC(C)(C)CN1[C@H]2CNC(=O)[C@H]2[C@H](c2cccc(Cl)c2F)[C@]12C(=O)Nc1cc(Cl)ccc12. The Morgan fingerprint density at radius 3 is 2.66 bits per heavy atom. The first kappa shape index (κ1) is 21.7. The molecular formula is C24H24Cl2FN3O2. The molecule has 0 bridgehead atoms. The molecule has 2 aromatic rings. The quantitative estimate of drug-likeness (QED) is 0.669. The molecule has 2 saturated heterocycles. The number of rotatable bonds is 2. The standard InChI is InChI=1S/C24H24Cl2FN3O2/c1-23(2,3)11-30-17-10-28-21(31)18(17)19(13-5-4-6-15(26)20(13)27)24(30)14-8-7-12(25)9-16(14)29-22(24)32/h4-9,17-19H,10-11H2,1-3H3,(H,28,31)(H,29,32)/t17-,18+,19-,24+/m0/s1. The second kappa shape index (κ2) is 7.17. The van der Waals surface area contributed by atoms with Crippen molar-refractivity contribution in [2.24, 2.45) is 11.3 Å². The molecule has 0 aliphatic carbocycles. The number of fused-ring (bicyclic) bond motifs is 3. The van der Waals surface area contributed by atoms with Crippen molar-refractivity contribution < 1.29 is 14.0 Å². The average Bonchev–Trinajstić information content (AvgIpc) is 3.30. The zero-order valence-electron chi connectivity index (χ0n) is 18.0. The summed E-state index contributed by atoms with van der Waals surface area (Å²) in [5, 5.41) is 6.37. The molecule has 168 valence electrons. The molecular weight excluding hydrogens is 452 g/mol. The van der Waals surface area contributed by atoms with Gasteiger partial charge in [0.1, 0.15) is 11.4 Å². The van der Waals surface area contributed by atoms with Crippen molar-refractivity contribution in [1.82, 2.24) is 10.2 Å². The molecule has 3 aliphatic rings. The van der Waals surface area contributed by atoms with Gasteiger partial charge in [-0.2, -0.15) is 0 Å². The van der Waals surface area contributed by atoms with E-state index in [1.165, 1.54) is 6.07 Å². The van der Waals surface area contributed by atoms with Crippen LogP contribution in [0.4, 0.5) is 10.1 Å². The van der Waals surface area contributed by atoms with Gasteiger partial charge < -0.3 is 10.6 Å².